The molecule has 1 atom stereocenters. The van der Waals surface area contributed by atoms with Crippen LogP contribution in [0.25, 0.3) is 0 Å². The van der Waals surface area contributed by atoms with E-state index in [0.29, 0.717) is 30.2 Å². The van der Waals surface area contributed by atoms with Gasteiger partial charge in [-0.05, 0) is 36.8 Å². The van der Waals surface area contributed by atoms with Crippen molar-refractivity contribution in [1.29, 1.82) is 0 Å². The van der Waals surface area contributed by atoms with Gasteiger partial charge in [0.1, 0.15) is 23.9 Å². The van der Waals surface area contributed by atoms with Crippen molar-refractivity contribution in [1.82, 2.24) is 15.2 Å². The maximum absolute atomic E-state index is 13.6. The van der Waals surface area contributed by atoms with Gasteiger partial charge in [-0.2, -0.15) is 5.10 Å². The number of hydrazone groups is 1. The molecular weight excluding hydrogens is 455 g/mol. The molecule has 0 aliphatic carbocycles. The second-order valence-corrected chi connectivity index (χ2v) is 7.87. The molecule has 3 amide bonds. The molecule has 9 nitrogen and oxygen atoms in total. The second kappa shape index (κ2) is 12.2. The predicted molar refractivity (Wildman–Crippen MR) is 129 cm³/mol. The zero-order chi connectivity index (χ0) is 25.4. The summed E-state index contributed by atoms with van der Waals surface area (Å²) in [5, 5.41) is 8.72. The van der Waals surface area contributed by atoms with E-state index in [1.807, 2.05) is 6.07 Å². The van der Waals surface area contributed by atoms with Crippen molar-refractivity contribution in [3.05, 3.63) is 59.4 Å². The number of ether oxygens (including phenoxy) is 3. The third-order valence-corrected chi connectivity index (χ3v) is 5.65. The molecule has 0 radical (unpaired) electrons. The SMILES string of the molecule is CCNC(=O)N(CCOC)CC(=O)N1N=C(c2ccc(OC)cc2OC)CC1c1ccc(F)cc1. The summed E-state index contributed by atoms with van der Waals surface area (Å²) in [4.78, 5) is 27.3. The highest BCUT2D eigenvalue weighted by Crippen LogP contribution is 2.36. The van der Waals surface area contributed by atoms with Crippen LogP contribution >= 0.6 is 0 Å². The molecule has 0 saturated heterocycles. The van der Waals surface area contributed by atoms with E-state index in [4.69, 9.17) is 14.2 Å². The van der Waals surface area contributed by atoms with Crippen molar-refractivity contribution < 1.29 is 28.2 Å². The number of halogens is 1. The van der Waals surface area contributed by atoms with Gasteiger partial charge >= 0.3 is 6.03 Å². The molecule has 2 aromatic carbocycles. The van der Waals surface area contributed by atoms with E-state index in [0.717, 1.165) is 11.1 Å². The molecule has 1 aliphatic heterocycles. The average Bonchev–Trinajstić information content (AvgIpc) is 3.32. The molecule has 0 aromatic heterocycles. The maximum atomic E-state index is 13.6. The first kappa shape index (κ1) is 26.0. The van der Waals surface area contributed by atoms with Gasteiger partial charge in [-0.25, -0.2) is 14.2 Å². The van der Waals surface area contributed by atoms with Crippen molar-refractivity contribution in [3.63, 3.8) is 0 Å². The Labute approximate surface area is 204 Å². The Kier molecular flexibility index (Phi) is 9.02. The molecule has 1 unspecified atom stereocenters. The van der Waals surface area contributed by atoms with Crippen molar-refractivity contribution in [2.45, 2.75) is 19.4 Å². The lowest BCUT2D eigenvalue weighted by Crippen LogP contribution is -2.47. The zero-order valence-corrected chi connectivity index (χ0v) is 20.4. The molecule has 0 bridgehead atoms. The van der Waals surface area contributed by atoms with Crippen LogP contribution in [0.1, 0.15) is 30.5 Å². The van der Waals surface area contributed by atoms with Crippen LogP contribution in [0.2, 0.25) is 0 Å². The normalized spacial score (nSPS) is 14.9. The van der Waals surface area contributed by atoms with E-state index in [1.54, 1.807) is 45.4 Å². The number of carbonyl (C=O) groups is 2. The third-order valence-electron chi connectivity index (χ3n) is 5.65. The summed E-state index contributed by atoms with van der Waals surface area (Å²) >= 11 is 0. The maximum Gasteiger partial charge on any atom is 0.317 e. The number of rotatable bonds is 10. The molecule has 10 heteroatoms. The summed E-state index contributed by atoms with van der Waals surface area (Å²) in [6.07, 6.45) is 0.388. The van der Waals surface area contributed by atoms with Gasteiger partial charge in [0, 0.05) is 38.2 Å². The minimum absolute atomic E-state index is 0.191. The van der Waals surface area contributed by atoms with E-state index >= 15 is 0 Å². The third kappa shape index (κ3) is 6.27. The molecular formula is C25H31FN4O5. The van der Waals surface area contributed by atoms with Crippen molar-refractivity contribution in [3.8, 4) is 11.5 Å². The summed E-state index contributed by atoms with van der Waals surface area (Å²) in [5.41, 5.74) is 2.08. The van der Waals surface area contributed by atoms with Crippen LogP contribution < -0.4 is 14.8 Å². The molecule has 1 aliphatic rings. The highest BCUT2D eigenvalue weighted by atomic mass is 19.1. The number of urea groups is 1. The molecule has 0 spiro atoms. The van der Waals surface area contributed by atoms with E-state index in [-0.39, 0.29) is 37.5 Å². The number of amides is 3. The van der Waals surface area contributed by atoms with Crippen LogP contribution in [0.3, 0.4) is 0 Å². The largest absolute Gasteiger partial charge is 0.497 e. The number of benzene rings is 2. The summed E-state index contributed by atoms with van der Waals surface area (Å²) in [6.45, 7) is 2.56. The fourth-order valence-corrected chi connectivity index (χ4v) is 3.84. The van der Waals surface area contributed by atoms with Crippen molar-refractivity contribution >= 4 is 17.6 Å². The molecule has 1 heterocycles. The van der Waals surface area contributed by atoms with E-state index in [1.165, 1.54) is 29.2 Å². The fraction of sp³-hybridized carbons (Fsp3) is 0.400. The number of nitrogens with zero attached hydrogens (tertiary/aromatic N) is 3. The lowest BCUT2D eigenvalue weighted by Gasteiger charge is -2.27. The van der Waals surface area contributed by atoms with Gasteiger partial charge in [0.15, 0.2) is 0 Å². The van der Waals surface area contributed by atoms with Crippen LogP contribution in [-0.2, 0) is 9.53 Å². The van der Waals surface area contributed by atoms with Crippen LogP contribution in [0, 0.1) is 5.82 Å². The monoisotopic (exact) mass is 486 g/mol. The van der Waals surface area contributed by atoms with Gasteiger partial charge in [0.25, 0.3) is 5.91 Å². The van der Waals surface area contributed by atoms with Gasteiger partial charge < -0.3 is 24.4 Å². The first-order chi connectivity index (χ1) is 16.9. The summed E-state index contributed by atoms with van der Waals surface area (Å²) in [5.74, 6) is 0.441. The minimum Gasteiger partial charge on any atom is -0.497 e. The van der Waals surface area contributed by atoms with Gasteiger partial charge in [-0.1, -0.05) is 12.1 Å². The first-order valence-corrected chi connectivity index (χ1v) is 11.3. The number of hydrogen-bond acceptors (Lipinski definition) is 6. The van der Waals surface area contributed by atoms with E-state index in [2.05, 4.69) is 10.4 Å². The predicted octanol–water partition coefficient (Wildman–Crippen LogP) is 3.20. The Morgan fingerprint density at radius 1 is 1.14 bits per heavy atom. The summed E-state index contributed by atoms with van der Waals surface area (Å²) in [7, 11) is 4.65. The quantitative estimate of drug-likeness (QED) is 0.557. The Morgan fingerprint density at radius 3 is 2.51 bits per heavy atom. The van der Waals surface area contributed by atoms with Crippen molar-refractivity contribution in [2.75, 3.05) is 47.6 Å². The smallest absolute Gasteiger partial charge is 0.317 e. The lowest BCUT2D eigenvalue weighted by molar-refractivity contribution is -0.133. The first-order valence-electron chi connectivity index (χ1n) is 11.3. The van der Waals surface area contributed by atoms with Crippen LogP contribution in [0.5, 0.6) is 11.5 Å². The topological polar surface area (TPSA) is 92.7 Å². The highest BCUT2D eigenvalue weighted by Gasteiger charge is 2.35. The lowest BCUT2D eigenvalue weighted by atomic mass is 9.97. The Morgan fingerprint density at radius 2 is 1.89 bits per heavy atom. The van der Waals surface area contributed by atoms with Gasteiger partial charge in [0.2, 0.25) is 0 Å². The molecule has 188 valence electrons. The van der Waals surface area contributed by atoms with E-state index in [9.17, 15) is 14.0 Å². The van der Waals surface area contributed by atoms with Crippen LogP contribution in [-0.4, -0.2) is 75.1 Å². The second-order valence-electron chi connectivity index (χ2n) is 7.87. The molecule has 35 heavy (non-hydrogen) atoms. The zero-order valence-electron chi connectivity index (χ0n) is 20.4. The summed E-state index contributed by atoms with van der Waals surface area (Å²) < 4.78 is 29.5. The standard InChI is InChI=1S/C25H31FN4O5/c1-5-27-25(32)29(12-13-33-2)16-24(31)30-22(17-6-8-18(26)9-7-17)15-21(28-30)20-11-10-19(34-3)14-23(20)35-4/h6-11,14,22H,5,12-13,15-16H2,1-4H3,(H,27,32). The van der Waals surface area contributed by atoms with Gasteiger partial charge in [-0.3, -0.25) is 4.79 Å². The molecule has 1 N–H and O–H groups in total. The Bertz CT molecular complexity index is 1060. The highest BCUT2D eigenvalue weighted by molar-refractivity contribution is 6.05. The summed E-state index contributed by atoms with van der Waals surface area (Å²) in [6, 6.07) is 10.5. The number of hydrogen-bond donors (Lipinski definition) is 1. The van der Waals surface area contributed by atoms with Gasteiger partial charge in [-0.15, -0.1) is 0 Å². The fourth-order valence-electron chi connectivity index (χ4n) is 3.84. The van der Waals surface area contributed by atoms with E-state index < -0.39 is 6.04 Å². The van der Waals surface area contributed by atoms with Crippen molar-refractivity contribution in [2.24, 2.45) is 5.10 Å². The van der Waals surface area contributed by atoms with Crippen LogP contribution in [0.15, 0.2) is 47.6 Å². The number of carbonyl (C=O) groups excluding carboxylic acids is 2. The Hall–Kier alpha value is -3.66. The average molecular weight is 487 g/mol. The number of methoxy groups -OCH3 is 3. The van der Waals surface area contributed by atoms with Gasteiger partial charge in [0.05, 0.1) is 32.6 Å². The molecule has 0 saturated carbocycles. The van der Waals surface area contributed by atoms with Crippen LogP contribution in [0.4, 0.5) is 9.18 Å². The number of nitrogens with one attached hydrogen (secondary N) is 1. The molecule has 0 fully saturated rings. The molecule has 2 aromatic rings. The Balaban J connectivity index is 1.95. The molecule has 3 rings (SSSR count). The minimum atomic E-state index is -0.469.